The zero-order valence-electron chi connectivity index (χ0n) is 20.2. The fraction of sp³-hybridized carbons (Fsp3) is 0.100. The van der Waals surface area contributed by atoms with Gasteiger partial charge in [-0.15, -0.1) is 11.3 Å². The molecule has 2 heterocycles. The molecule has 36 heavy (non-hydrogen) atoms. The van der Waals surface area contributed by atoms with E-state index in [1.54, 1.807) is 6.07 Å². The van der Waals surface area contributed by atoms with E-state index in [0.717, 1.165) is 33.2 Å². The Morgan fingerprint density at radius 1 is 0.861 bits per heavy atom. The SMILES string of the molecule is COC(=O)c1c(-c2ccc(C)c(C)c2)csc1NC(=O)c1cc(-c2ccccc2)nc2ccccc12. The lowest BCUT2D eigenvalue weighted by atomic mass is 9.99. The Labute approximate surface area is 213 Å². The van der Waals surface area contributed by atoms with Gasteiger partial charge in [0.05, 0.1) is 23.9 Å². The molecule has 2 aromatic heterocycles. The summed E-state index contributed by atoms with van der Waals surface area (Å²) in [5.41, 5.74) is 7.09. The number of pyridine rings is 1. The summed E-state index contributed by atoms with van der Waals surface area (Å²) < 4.78 is 5.09. The second-order valence-corrected chi connectivity index (χ2v) is 9.42. The molecule has 178 valence electrons. The number of hydrogen-bond acceptors (Lipinski definition) is 5. The number of nitrogens with zero attached hydrogens (tertiary/aromatic N) is 1. The standard InChI is InChI=1S/C30H24N2O3S/c1-18-13-14-21(15-19(18)2)24-17-36-29(27(24)30(34)35-3)32-28(33)23-16-26(20-9-5-4-6-10-20)31-25-12-8-7-11-22(23)25/h4-17H,1-3H3,(H,32,33). The molecule has 5 nitrogen and oxygen atoms in total. The number of thiophene rings is 1. The highest BCUT2D eigenvalue weighted by atomic mass is 32.1. The van der Waals surface area contributed by atoms with Crippen LogP contribution < -0.4 is 5.32 Å². The van der Waals surface area contributed by atoms with Gasteiger partial charge < -0.3 is 10.1 Å². The molecule has 6 heteroatoms. The van der Waals surface area contributed by atoms with Crippen LogP contribution in [0.5, 0.6) is 0 Å². The van der Waals surface area contributed by atoms with Crippen molar-refractivity contribution >= 4 is 39.1 Å². The summed E-state index contributed by atoms with van der Waals surface area (Å²) in [6.45, 7) is 4.08. The first-order valence-electron chi connectivity index (χ1n) is 11.5. The lowest BCUT2D eigenvalue weighted by molar-refractivity contribution is 0.0603. The molecule has 0 saturated carbocycles. The molecule has 5 rings (SSSR count). The molecule has 5 aromatic rings. The molecule has 0 atom stereocenters. The van der Waals surface area contributed by atoms with Crippen LogP contribution in [-0.4, -0.2) is 24.0 Å². The fourth-order valence-corrected chi connectivity index (χ4v) is 5.12. The number of benzene rings is 3. The molecular weight excluding hydrogens is 468 g/mol. The van der Waals surface area contributed by atoms with Crippen molar-refractivity contribution in [2.45, 2.75) is 13.8 Å². The average molecular weight is 493 g/mol. The number of carbonyl (C=O) groups excluding carboxylic acids is 2. The predicted molar refractivity (Wildman–Crippen MR) is 146 cm³/mol. The van der Waals surface area contributed by atoms with Gasteiger partial charge in [0, 0.05) is 21.9 Å². The van der Waals surface area contributed by atoms with Gasteiger partial charge in [-0.25, -0.2) is 9.78 Å². The smallest absolute Gasteiger partial charge is 0.341 e. The minimum Gasteiger partial charge on any atom is -0.465 e. The topological polar surface area (TPSA) is 68.3 Å². The van der Waals surface area contributed by atoms with Gasteiger partial charge in [0.2, 0.25) is 0 Å². The predicted octanol–water partition coefficient (Wildman–Crippen LogP) is 7.29. The number of ether oxygens (including phenoxy) is 1. The molecule has 0 aliphatic heterocycles. The van der Waals surface area contributed by atoms with Crippen LogP contribution in [0.25, 0.3) is 33.3 Å². The van der Waals surface area contributed by atoms with Crippen LogP contribution in [0.15, 0.2) is 84.2 Å². The molecule has 0 unspecified atom stereocenters. The van der Waals surface area contributed by atoms with Gasteiger partial charge in [0.1, 0.15) is 10.6 Å². The van der Waals surface area contributed by atoms with Crippen LogP contribution in [0.3, 0.4) is 0 Å². The van der Waals surface area contributed by atoms with E-state index in [-0.39, 0.29) is 5.91 Å². The molecule has 0 spiro atoms. The Bertz CT molecular complexity index is 1610. The summed E-state index contributed by atoms with van der Waals surface area (Å²) in [6, 6.07) is 25.1. The van der Waals surface area contributed by atoms with E-state index in [1.807, 2.05) is 92.0 Å². The molecule has 3 aromatic carbocycles. The van der Waals surface area contributed by atoms with Crippen LogP contribution in [0.4, 0.5) is 5.00 Å². The number of aromatic nitrogens is 1. The quantitative estimate of drug-likeness (QED) is 0.262. The monoisotopic (exact) mass is 492 g/mol. The Balaban J connectivity index is 1.58. The summed E-state index contributed by atoms with van der Waals surface area (Å²) in [5, 5.41) is 6.04. The number of nitrogens with one attached hydrogen (secondary N) is 1. The van der Waals surface area contributed by atoms with E-state index >= 15 is 0 Å². The number of amides is 1. The maximum atomic E-state index is 13.6. The zero-order chi connectivity index (χ0) is 25.2. The van der Waals surface area contributed by atoms with E-state index in [4.69, 9.17) is 9.72 Å². The number of fused-ring (bicyclic) bond motifs is 1. The summed E-state index contributed by atoms with van der Waals surface area (Å²) in [6.07, 6.45) is 0. The Morgan fingerprint density at radius 3 is 2.36 bits per heavy atom. The van der Waals surface area contributed by atoms with Gasteiger partial charge in [0.25, 0.3) is 5.91 Å². The molecule has 0 saturated heterocycles. The highest BCUT2D eigenvalue weighted by Gasteiger charge is 2.24. The zero-order valence-corrected chi connectivity index (χ0v) is 21.0. The third kappa shape index (κ3) is 4.39. The van der Waals surface area contributed by atoms with Crippen LogP contribution >= 0.6 is 11.3 Å². The van der Waals surface area contributed by atoms with Crippen molar-refractivity contribution in [1.29, 1.82) is 0 Å². The van der Waals surface area contributed by atoms with E-state index in [2.05, 4.69) is 5.32 Å². The number of esters is 1. The van der Waals surface area contributed by atoms with Crippen LogP contribution in [0.1, 0.15) is 31.8 Å². The third-order valence-corrected chi connectivity index (χ3v) is 7.15. The van der Waals surface area contributed by atoms with Gasteiger partial charge in [-0.1, -0.05) is 66.7 Å². The van der Waals surface area contributed by atoms with Crippen molar-refractivity contribution in [3.8, 4) is 22.4 Å². The molecule has 1 amide bonds. The van der Waals surface area contributed by atoms with Crippen molar-refractivity contribution in [2.24, 2.45) is 0 Å². The number of rotatable bonds is 5. The van der Waals surface area contributed by atoms with Gasteiger partial charge >= 0.3 is 5.97 Å². The Kier molecular flexibility index (Phi) is 6.36. The van der Waals surface area contributed by atoms with Gasteiger partial charge in [-0.3, -0.25) is 4.79 Å². The molecule has 0 fully saturated rings. The highest BCUT2D eigenvalue weighted by molar-refractivity contribution is 7.15. The number of para-hydroxylation sites is 1. The Hall–Kier alpha value is -4.29. The van der Waals surface area contributed by atoms with E-state index in [0.29, 0.717) is 21.8 Å². The van der Waals surface area contributed by atoms with Crippen molar-refractivity contribution in [2.75, 3.05) is 12.4 Å². The van der Waals surface area contributed by atoms with E-state index in [9.17, 15) is 9.59 Å². The minimum atomic E-state index is -0.496. The molecule has 0 bridgehead atoms. The maximum absolute atomic E-state index is 13.6. The highest BCUT2D eigenvalue weighted by Crippen LogP contribution is 2.37. The second-order valence-electron chi connectivity index (χ2n) is 8.54. The summed E-state index contributed by atoms with van der Waals surface area (Å²) in [7, 11) is 1.35. The first-order valence-corrected chi connectivity index (χ1v) is 12.4. The molecule has 0 aliphatic carbocycles. The number of anilines is 1. The molecule has 1 N–H and O–H groups in total. The van der Waals surface area contributed by atoms with E-state index in [1.165, 1.54) is 24.0 Å². The largest absolute Gasteiger partial charge is 0.465 e. The van der Waals surface area contributed by atoms with Crippen LogP contribution in [0.2, 0.25) is 0 Å². The minimum absolute atomic E-state index is 0.315. The summed E-state index contributed by atoms with van der Waals surface area (Å²) >= 11 is 1.31. The lowest BCUT2D eigenvalue weighted by Crippen LogP contribution is -2.15. The normalized spacial score (nSPS) is 10.9. The molecular formula is C30H24N2O3S. The number of carbonyl (C=O) groups is 2. The van der Waals surface area contributed by atoms with Crippen molar-refractivity contribution < 1.29 is 14.3 Å². The maximum Gasteiger partial charge on any atom is 0.341 e. The van der Waals surface area contributed by atoms with Gasteiger partial charge in [-0.05, 0) is 42.7 Å². The molecule has 0 aliphatic rings. The van der Waals surface area contributed by atoms with Crippen LogP contribution in [-0.2, 0) is 4.74 Å². The third-order valence-electron chi connectivity index (χ3n) is 6.26. The summed E-state index contributed by atoms with van der Waals surface area (Å²) in [4.78, 5) is 31.2. The number of hydrogen-bond donors (Lipinski definition) is 1. The second kappa shape index (κ2) is 9.76. The average Bonchev–Trinajstić information content (AvgIpc) is 3.33. The summed E-state index contributed by atoms with van der Waals surface area (Å²) in [5.74, 6) is -0.811. The Morgan fingerprint density at radius 2 is 1.61 bits per heavy atom. The van der Waals surface area contributed by atoms with Gasteiger partial charge in [0.15, 0.2) is 0 Å². The van der Waals surface area contributed by atoms with Gasteiger partial charge in [-0.2, -0.15) is 0 Å². The number of methoxy groups -OCH3 is 1. The van der Waals surface area contributed by atoms with E-state index < -0.39 is 5.97 Å². The van der Waals surface area contributed by atoms with Crippen molar-refractivity contribution in [3.63, 3.8) is 0 Å². The lowest BCUT2D eigenvalue weighted by Gasteiger charge is -2.12. The van der Waals surface area contributed by atoms with Crippen molar-refractivity contribution in [1.82, 2.24) is 4.98 Å². The fourth-order valence-electron chi connectivity index (χ4n) is 4.17. The number of aryl methyl sites for hydroxylation is 2. The van der Waals surface area contributed by atoms with Crippen molar-refractivity contribution in [3.05, 3.63) is 106 Å². The molecule has 0 radical (unpaired) electrons. The first kappa shape index (κ1) is 23.5. The first-order chi connectivity index (χ1) is 17.5. The van der Waals surface area contributed by atoms with Crippen LogP contribution in [0, 0.1) is 13.8 Å².